The van der Waals surface area contributed by atoms with Crippen LogP contribution in [-0.2, 0) is 0 Å². The Labute approximate surface area is 99.3 Å². The van der Waals surface area contributed by atoms with E-state index in [-0.39, 0.29) is 5.03 Å². The smallest absolute Gasteiger partial charge is 0.0846 e. The van der Waals surface area contributed by atoms with E-state index in [1.165, 1.54) is 0 Å². The number of halogens is 7. The van der Waals surface area contributed by atoms with Crippen LogP contribution in [0.15, 0.2) is 11.1 Å². The minimum absolute atomic E-state index is 0.150. The number of hydrogen-bond donors (Lipinski definition) is 0. The molecule has 0 N–H and O–H groups in total. The van der Waals surface area contributed by atoms with Crippen molar-refractivity contribution in [1.29, 1.82) is 0 Å². The van der Waals surface area contributed by atoms with E-state index in [4.69, 9.17) is 81.2 Å². The van der Waals surface area contributed by atoms with Crippen LogP contribution >= 0.6 is 81.2 Å². The Bertz CT molecular complexity index is 158. The highest BCUT2D eigenvalue weighted by Gasteiger charge is 2.28. The van der Waals surface area contributed by atoms with Gasteiger partial charge in [-0.15, -0.1) is 0 Å². The average Bonchev–Trinajstić information content (AvgIpc) is 1.56. The van der Waals surface area contributed by atoms with Crippen molar-refractivity contribution in [3.63, 3.8) is 0 Å². The highest BCUT2D eigenvalue weighted by atomic mass is 35.6. The molecule has 11 heavy (non-hydrogen) atoms. The van der Waals surface area contributed by atoms with Crippen molar-refractivity contribution < 1.29 is 0 Å². The van der Waals surface area contributed by atoms with Gasteiger partial charge in [-0.3, -0.25) is 0 Å². The van der Waals surface area contributed by atoms with E-state index >= 15 is 0 Å². The first-order chi connectivity index (χ1) is 4.63. The number of rotatable bonds is 0. The molecule has 0 aromatic heterocycles. The molecular formula is C4HCl7. The van der Waals surface area contributed by atoms with Crippen molar-refractivity contribution in [1.82, 2.24) is 0 Å². The van der Waals surface area contributed by atoms with Crippen LogP contribution in [-0.4, -0.2) is 7.59 Å². The lowest BCUT2D eigenvalue weighted by molar-refractivity contribution is 1.33. The normalized spacial score (nSPS) is 15.4. The molecule has 0 aliphatic rings. The van der Waals surface area contributed by atoms with Gasteiger partial charge < -0.3 is 0 Å². The fourth-order valence-electron chi connectivity index (χ4n) is 0.226. The molecule has 0 aliphatic heterocycles. The molecule has 0 aliphatic carbocycles. The van der Waals surface area contributed by atoms with Crippen LogP contribution in [0.4, 0.5) is 0 Å². The number of alkyl halides is 6. The molecule has 0 unspecified atom stereocenters. The van der Waals surface area contributed by atoms with E-state index in [0.29, 0.717) is 0 Å². The summed E-state index contributed by atoms with van der Waals surface area (Å²) in [7, 11) is 0. The Hall–Kier alpha value is 1.77. The quantitative estimate of drug-likeness (QED) is 0.561. The second-order valence-corrected chi connectivity index (χ2v) is 6.59. The molecule has 0 fully saturated rings. The molecule has 0 atom stereocenters. The van der Waals surface area contributed by atoms with Gasteiger partial charge in [-0.05, 0) is 6.08 Å². The minimum atomic E-state index is -1.74. The van der Waals surface area contributed by atoms with Gasteiger partial charge in [0.1, 0.15) is 0 Å². The van der Waals surface area contributed by atoms with Crippen molar-refractivity contribution in [2.75, 3.05) is 0 Å². The van der Waals surface area contributed by atoms with E-state index in [0.717, 1.165) is 6.08 Å². The summed E-state index contributed by atoms with van der Waals surface area (Å²) in [4.78, 5) is 0. The lowest BCUT2D eigenvalue weighted by atomic mass is 10.5. The predicted octanol–water partition coefficient (Wildman–Crippen LogP) is 4.85. The van der Waals surface area contributed by atoms with Crippen LogP contribution in [0.2, 0.25) is 0 Å². The van der Waals surface area contributed by atoms with Crippen molar-refractivity contribution >= 4 is 81.2 Å². The fourth-order valence-corrected chi connectivity index (χ4v) is 1.05. The lowest BCUT2D eigenvalue weighted by Gasteiger charge is -2.11. The van der Waals surface area contributed by atoms with Crippen LogP contribution in [0.5, 0.6) is 0 Å². The molecule has 0 saturated heterocycles. The summed E-state index contributed by atoms with van der Waals surface area (Å²) in [6.45, 7) is 0. The maximum absolute atomic E-state index is 5.45. The summed E-state index contributed by atoms with van der Waals surface area (Å²) in [5, 5.41) is -0.150. The van der Waals surface area contributed by atoms with Gasteiger partial charge in [0.05, 0.1) is 5.03 Å². The zero-order chi connectivity index (χ0) is 9.28. The lowest BCUT2D eigenvalue weighted by Crippen LogP contribution is -2.06. The molecule has 7 heteroatoms. The van der Waals surface area contributed by atoms with E-state index in [9.17, 15) is 0 Å². The molecule has 0 spiro atoms. The van der Waals surface area contributed by atoms with Crippen LogP contribution in [0, 0.1) is 0 Å². The molecule has 0 aromatic rings. The molecule has 0 saturated carbocycles. The van der Waals surface area contributed by atoms with E-state index in [1.54, 1.807) is 0 Å². The molecule has 0 nitrogen and oxygen atoms in total. The molecule has 0 rings (SSSR count). The van der Waals surface area contributed by atoms with Crippen molar-refractivity contribution in [3.8, 4) is 0 Å². The van der Waals surface area contributed by atoms with E-state index < -0.39 is 7.59 Å². The molecule has 0 amide bonds. The minimum Gasteiger partial charge on any atom is -0.0846 e. The summed E-state index contributed by atoms with van der Waals surface area (Å²) < 4.78 is -3.40. The Balaban J connectivity index is 4.49. The molecule has 66 valence electrons. The van der Waals surface area contributed by atoms with Gasteiger partial charge in [0.15, 0.2) is 0 Å². The van der Waals surface area contributed by atoms with Gasteiger partial charge in [0, 0.05) is 0 Å². The summed E-state index contributed by atoms with van der Waals surface area (Å²) in [5.41, 5.74) is 0. The second-order valence-electron chi connectivity index (χ2n) is 1.53. The Morgan fingerprint density at radius 2 is 1.27 bits per heavy atom. The van der Waals surface area contributed by atoms with Crippen LogP contribution < -0.4 is 0 Å². The molecule has 0 aromatic carbocycles. The Morgan fingerprint density at radius 1 is 0.909 bits per heavy atom. The zero-order valence-corrected chi connectivity index (χ0v) is 10.0. The molecule has 0 radical (unpaired) electrons. The van der Waals surface area contributed by atoms with Gasteiger partial charge in [0.2, 0.25) is 7.59 Å². The standard InChI is InChI=1S/C4HCl7/c5-2(4(9,10)11)1-3(6,7)8/h1H. The summed E-state index contributed by atoms with van der Waals surface area (Å²) in [6, 6.07) is 0. The third-order valence-electron chi connectivity index (χ3n) is 0.561. The third-order valence-corrected chi connectivity index (χ3v) is 2.18. The zero-order valence-electron chi connectivity index (χ0n) is 4.72. The largest absolute Gasteiger partial charge is 0.226 e. The summed E-state index contributed by atoms with van der Waals surface area (Å²) in [6.07, 6.45) is 1.02. The Kier molecular flexibility index (Phi) is 5.02. The van der Waals surface area contributed by atoms with Crippen LogP contribution in [0.1, 0.15) is 0 Å². The van der Waals surface area contributed by atoms with Crippen molar-refractivity contribution in [3.05, 3.63) is 11.1 Å². The monoisotopic (exact) mass is 294 g/mol. The first-order valence-corrected chi connectivity index (χ1v) is 4.80. The highest BCUT2D eigenvalue weighted by molar-refractivity contribution is 6.74. The third kappa shape index (κ3) is 6.89. The first-order valence-electron chi connectivity index (χ1n) is 2.15. The van der Waals surface area contributed by atoms with E-state index in [2.05, 4.69) is 0 Å². The SMILES string of the molecule is ClC(=CC(Cl)(Cl)Cl)C(Cl)(Cl)Cl. The van der Waals surface area contributed by atoms with Gasteiger partial charge in [-0.2, -0.15) is 0 Å². The summed E-state index contributed by atoms with van der Waals surface area (Å²) in [5.74, 6) is 0. The molecule has 0 bridgehead atoms. The van der Waals surface area contributed by atoms with Gasteiger partial charge in [0.25, 0.3) is 0 Å². The van der Waals surface area contributed by atoms with Crippen LogP contribution in [0.25, 0.3) is 0 Å². The summed E-state index contributed by atoms with van der Waals surface area (Å²) >= 11 is 37.5. The van der Waals surface area contributed by atoms with Crippen LogP contribution in [0.3, 0.4) is 0 Å². The van der Waals surface area contributed by atoms with E-state index in [1.807, 2.05) is 0 Å². The highest BCUT2D eigenvalue weighted by Crippen LogP contribution is 2.40. The number of hydrogen-bond acceptors (Lipinski definition) is 0. The maximum Gasteiger partial charge on any atom is 0.226 e. The van der Waals surface area contributed by atoms with Crippen molar-refractivity contribution in [2.45, 2.75) is 7.59 Å². The second kappa shape index (κ2) is 4.32. The average molecular weight is 297 g/mol. The van der Waals surface area contributed by atoms with Crippen molar-refractivity contribution in [2.24, 2.45) is 0 Å². The maximum atomic E-state index is 5.45. The Morgan fingerprint density at radius 3 is 1.36 bits per heavy atom. The van der Waals surface area contributed by atoms with Gasteiger partial charge in [-0.25, -0.2) is 0 Å². The number of allylic oxidation sites excluding steroid dienone is 2. The molecular weight excluding hydrogens is 296 g/mol. The topological polar surface area (TPSA) is 0 Å². The van der Waals surface area contributed by atoms with Gasteiger partial charge >= 0.3 is 0 Å². The molecule has 0 heterocycles. The predicted molar refractivity (Wildman–Crippen MR) is 54.5 cm³/mol. The fraction of sp³-hybridized carbons (Fsp3) is 0.500. The first kappa shape index (κ1) is 12.8. The van der Waals surface area contributed by atoms with Gasteiger partial charge in [-0.1, -0.05) is 81.2 Å².